The Morgan fingerprint density at radius 1 is 1.15 bits per heavy atom. The van der Waals surface area contributed by atoms with E-state index >= 15 is 0 Å². The number of carbonyl (C=O) groups is 2. The van der Waals surface area contributed by atoms with Crippen LogP contribution in [0.1, 0.15) is 59.8 Å². The van der Waals surface area contributed by atoms with Crippen molar-refractivity contribution in [2.75, 3.05) is 6.54 Å². The van der Waals surface area contributed by atoms with Gasteiger partial charge in [0.15, 0.2) is 0 Å². The molecule has 20 heavy (non-hydrogen) atoms. The highest BCUT2D eigenvalue weighted by atomic mass is 16.2. The predicted octanol–water partition coefficient (Wildman–Crippen LogP) is 1.56. The second-order valence-electron chi connectivity index (χ2n) is 5.73. The Kier molecular flexibility index (Phi) is 10.1. The second-order valence-corrected chi connectivity index (χ2v) is 5.73. The number of carbonyl (C=O) groups excluding carboxylic acids is 2. The quantitative estimate of drug-likeness (QED) is 0.569. The highest BCUT2D eigenvalue weighted by molar-refractivity contribution is 5.80. The van der Waals surface area contributed by atoms with Gasteiger partial charge in [0.2, 0.25) is 11.8 Å². The molecule has 3 atom stereocenters. The second kappa shape index (κ2) is 10.7. The van der Waals surface area contributed by atoms with E-state index in [-0.39, 0.29) is 29.8 Å². The van der Waals surface area contributed by atoms with Gasteiger partial charge in [-0.15, -0.1) is 0 Å². The molecule has 0 radical (unpaired) electrons. The van der Waals surface area contributed by atoms with Gasteiger partial charge >= 0.3 is 0 Å². The van der Waals surface area contributed by atoms with Crippen molar-refractivity contribution in [2.24, 2.45) is 11.7 Å². The minimum atomic E-state index is -0.0219. The Balaban J connectivity index is 3.73. The monoisotopic (exact) mass is 285 g/mol. The van der Waals surface area contributed by atoms with E-state index in [1.165, 1.54) is 0 Å². The Bertz CT molecular complexity index is 293. The summed E-state index contributed by atoms with van der Waals surface area (Å²) in [6.45, 7) is 8.28. The lowest BCUT2D eigenvalue weighted by atomic mass is 10.0. The van der Waals surface area contributed by atoms with Crippen LogP contribution in [-0.2, 0) is 9.59 Å². The third kappa shape index (κ3) is 9.78. The Morgan fingerprint density at radius 3 is 2.35 bits per heavy atom. The summed E-state index contributed by atoms with van der Waals surface area (Å²) >= 11 is 0. The van der Waals surface area contributed by atoms with Gasteiger partial charge in [-0.3, -0.25) is 9.59 Å². The molecule has 3 unspecified atom stereocenters. The van der Waals surface area contributed by atoms with Crippen molar-refractivity contribution in [1.29, 1.82) is 0 Å². The zero-order chi connectivity index (χ0) is 15.5. The van der Waals surface area contributed by atoms with E-state index in [9.17, 15) is 9.59 Å². The summed E-state index contributed by atoms with van der Waals surface area (Å²) in [4.78, 5) is 23.3. The molecule has 118 valence electrons. The van der Waals surface area contributed by atoms with Crippen molar-refractivity contribution < 1.29 is 9.59 Å². The summed E-state index contributed by atoms with van der Waals surface area (Å²) < 4.78 is 0. The first kappa shape index (κ1) is 18.9. The van der Waals surface area contributed by atoms with Gasteiger partial charge in [0.05, 0.1) is 0 Å². The van der Waals surface area contributed by atoms with Crippen LogP contribution in [0.3, 0.4) is 0 Å². The maximum Gasteiger partial charge on any atom is 0.222 e. The van der Waals surface area contributed by atoms with Gasteiger partial charge in [-0.05, 0) is 33.1 Å². The molecule has 5 heteroatoms. The van der Waals surface area contributed by atoms with Gasteiger partial charge in [0, 0.05) is 31.0 Å². The molecule has 2 amide bonds. The van der Waals surface area contributed by atoms with Crippen LogP contribution in [0.25, 0.3) is 0 Å². The lowest BCUT2D eigenvalue weighted by Gasteiger charge is -2.14. The third-order valence-electron chi connectivity index (χ3n) is 3.42. The first-order chi connectivity index (χ1) is 9.36. The molecule has 0 spiro atoms. The molecule has 0 saturated heterocycles. The molecule has 0 fully saturated rings. The first-order valence-corrected chi connectivity index (χ1v) is 7.69. The summed E-state index contributed by atoms with van der Waals surface area (Å²) in [5, 5.41) is 5.69. The highest BCUT2D eigenvalue weighted by Crippen LogP contribution is 2.08. The normalized spacial score (nSPS) is 15.2. The SMILES string of the molecule is CCC(C)NC(=O)CCNC(=O)C(C)CCCC(C)N. The number of hydrogen-bond donors (Lipinski definition) is 3. The fourth-order valence-electron chi connectivity index (χ4n) is 1.80. The fraction of sp³-hybridized carbons (Fsp3) is 0.867. The molecule has 0 aromatic heterocycles. The van der Waals surface area contributed by atoms with Crippen molar-refractivity contribution in [1.82, 2.24) is 10.6 Å². The van der Waals surface area contributed by atoms with Crippen molar-refractivity contribution in [3.63, 3.8) is 0 Å². The number of hydrogen-bond acceptors (Lipinski definition) is 3. The zero-order valence-corrected chi connectivity index (χ0v) is 13.4. The van der Waals surface area contributed by atoms with Crippen molar-refractivity contribution in [3.05, 3.63) is 0 Å². The average molecular weight is 285 g/mol. The van der Waals surface area contributed by atoms with E-state index < -0.39 is 0 Å². The van der Waals surface area contributed by atoms with Crippen LogP contribution in [0.2, 0.25) is 0 Å². The van der Waals surface area contributed by atoms with E-state index in [1.54, 1.807) is 0 Å². The molecule has 0 aromatic carbocycles. The van der Waals surface area contributed by atoms with E-state index in [0.717, 1.165) is 25.7 Å². The van der Waals surface area contributed by atoms with E-state index in [1.807, 2.05) is 27.7 Å². The average Bonchev–Trinajstić information content (AvgIpc) is 2.37. The standard InChI is InChI=1S/C15H31N3O2/c1-5-13(4)18-14(19)9-10-17-15(20)11(2)7-6-8-12(3)16/h11-13H,5-10,16H2,1-4H3,(H,17,20)(H,18,19). The van der Waals surface area contributed by atoms with Crippen LogP contribution in [0.4, 0.5) is 0 Å². The predicted molar refractivity (Wildman–Crippen MR) is 82.2 cm³/mol. The van der Waals surface area contributed by atoms with Crippen molar-refractivity contribution in [3.8, 4) is 0 Å². The van der Waals surface area contributed by atoms with Crippen LogP contribution in [0.5, 0.6) is 0 Å². The van der Waals surface area contributed by atoms with Gasteiger partial charge in [-0.25, -0.2) is 0 Å². The lowest BCUT2D eigenvalue weighted by Crippen LogP contribution is -2.36. The van der Waals surface area contributed by atoms with Gasteiger partial charge in [0.1, 0.15) is 0 Å². The fourth-order valence-corrected chi connectivity index (χ4v) is 1.80. The molecule has 0 aromatic rings. The molecule has 0 aliphatic rings. The van der Waals surface area contributed by atoms with E-state index in [4.69, 9.17) is 5.73 Å². The molecule has 0 heterocycles. The number of nitrogens with two attached hydrogens (primary N) is 1. The maximum atomic E-state index is 11.8. The summed E-state index contributed by atoms with van der Waals surface area (Å²) in [6.07, 6.45) is 3.99. The molecule has 0 rings (SSSR count). The van der Waals surface area contributed by atoms with Gasteiger partial charge in [0.25, 0.3) is 0 Å². The maximum absolute atomic E-state index is 11.8. The number of rotatable bonds is 10. The summed E-state index contributed by atoms with van der Waals surface area (Å²) in [5.74, 6) is -0.0124. The molecule has 0 aliphatic heterocycles. The molecule has 0 saturated carbocycles. The third-order valence-corrected chi connectivity index (χ3v) is 3.42. The van der Waals surface area contributed by atoms with Crippen molar-refractivity contribution in [2.45, 2.75) is 71.9 Å². The Labute approximate surface area is 123 Å². The summed E-state index contributed by atoms with van der Waals surface area (Å²) in [6, 6.07) is 0.380. The molecule has 5 nitrogen and oxygen atoms in total. The van der Waals surface area contributed by atoms with E-state index in [0.29, 0.717) is 13.0 Å². The number of nitrogens with one attached hydrogen (secondary N) is 2. The van der Waals surface area contributed by atoms with Crippen LogP contribution < -0.4 is 16.4 Å². The summed E-state index contributed by atoms with van der Waals surface area (Å²) in [5.41, 5.74) is 5.67. The Hall–Kier alpha value is -1.10. The van der Waals surface area contributed by atoms with Gasteiger partial charge in [-0.2, -0.15) is 0 Å². The minimum Gasteiger partial charge on any atom is -0.355 e. The minimum absolute atomic E-state index is 0.00994. The highest BCUT2D eigenvalue weighted by Gasteiger charge is 2.13. The summed E-state index contributed by atoms with van der Waals surface area (Å²) in [7, 11) is 0. The van der Waals surface area contributed by atoms with E-state index in [2.05, 4.69) is 10.6 Å². The first-order valence-electron chi connectivity index (χ1n) is 7.69. The molecular weight excluding hydrogens is 254 g/mol. The number of amides is 2. The molecular formula is C15H31N3O2. The largest absolute Gasteiger partial charge is 0.355 e. The van der Waals surface area contributed by atoms with Crippen LogP contribution in [0.15, 0.2) is 0 Å². The van der Waals surface area contributed by atoms with Crippen LogP contribution >= 0.6 is 0 Å². The zero-order valence-electron chi connectivity index (χ0n) is 13.4. The smallest absolute Gasteiger partial charge is 0.222 e. The Morgan fingerprint density at radius 2 is 1.80 bits per heavy atom. The van der Waals surface area contributed by atoms with Crippen LogP contribution in [-0.4, -0.2) is 30.4 Å². The topological polar surface area (TPSA) is 84.2 Å². The van der Waals surface area contributed by atoms with Gasteiger partial charge < -0.3 is 16.4 Å². The molecule has 0 bridgehead atoms. The molecule has 0 aliphatic carbocycles. The van der Waals surface area contributed by atoms with Crippen molar-refractivity contribution >= 4 is 11.8 Å². The van der Waals surface area contributed by atoms with Gasteiger partial charge in [-0.1, -0.05) is 20.3 Å². The molecule has 4 N–H and O–H groups in total. The lowest BCUT2D eigenvalue weighted by molar-refractivity contribution is -0.125. The van der Waals surface area contributed by atoms with Crippen LogP contribution in [0, 0.1) is 5.92 Å².